The van der Waals surface area contributed by atoms with Crippen LogP contribution in [0.3, 0.4) is 0 Å². The molecule has 0 saturated heterocycles. The maximum atomic E-state index is 13.3. The zero-order chi connectivity index (χ0) is 22.8. The zero-order valence-corrected chi connectivity index (χ0v) is 17.9. The van der Waals surface area contributed by atoms with E-state index in [0.29, 0.717) is 5.75 Å². The molecule has 0 saturated carbocycles. The third kappa shape index (κ3) is 3.63. The highest BCUT2D eigenvalue weighted by atomic mass is 16.7. The fraction of sp³-hybridized carbons (Fsp3) is 0.160. The molecule has 7 nitrogen and oxygen atoms in total. The molecule has 3 aromatic carbocycles. The number of carbonyl (C=O) groups is 3. The van der Waals surface area contributed by atoms with E-state index in [0.717, 1.165) is 10.6 Å². The number of fused-ring (bicyclic) bond motifs is 2. The molecule has 0 aliphatic heterocycles. The molecule has 0 radical (unpaired) electrons. The van der Waals surface area contributed by atoms with Gasteiger partial charge in [0.2, 0.25) is 5.78 Å². The molecule has 0 aromatic heterocycles. The highest BCUT2D eigenvalue weighted by Crippen LogP contribution is 2.38. The van der Waals surface area contributed by atoms with Crippen molar-refractivity contribution in [3.05, 3.63) is 94.0 Å². The topological polar surface area (TPSA) is 82.1 Å². The minimum atomic E-state index is -0.473. The first-order valence-corrected chi connectivity index (χ1v) is 9.89. The maximum absolute atomic E-state index is 13.3. The van der Waals surface area contributed by atoms with E-state index in [4.69, 9.17) is 14.3 Å². The second-order valence-corrected chi connectivity index (χ2v) is 7.20. The molecule has 0 fully saturated rings. The van der Waals surface area contributed by atoms with Gasteiger partial charge in [-0.05, 0) is 23.8 Å². The Labute approximate surface area is 185 Å². The Balaban J connectivity index is 1.69. The van der Waals surface area contributed by atoms with Crippen LogP contribution in [0.2, 0.25) is 0 Å². The molecule has 0 N–H and O–H groups in total. The first-order valence-electron chi connectivity index (χ1n) is 9.89. The van der Waals surface area contributed by atoms with E-state index in [2.05, 4.69) is 0 Å². The second-order valence-electron chi connectivity index (χ2n) is 7.20. The quantitative estimate of drug-likeness (QED) is 0.433. The lowest BCUT2D eigenvalue weighted by Crippen LogP contribution is -2.28. The van der Waals surface area contributed by atoms with Gasteiger partial charge in [-0.3, -0.25) is 19.2 Å². The van der Waals surface area contributed by atoms with Gasteiger partial charge in [0.05, 0.1) is 25.3 Å². The number of ether oxygens (including phenoxy) is 2. The molecule has 0 heterocycles. The summed E-state index contributed by atoms with van der Waals surface area (Å²) in [5.41, 5.74) is 1.70. The van der Waals surface area contributed by atoms with Gasteiger partial charge in [0.1, 0.15) is 18.1 Å². The average Bonchev–Trinajstić information content (AvgIpc) is 2.84. The summed E-state index contributed by atoms with van der Waals surface area (Å²) in [7, 11) is 4.31. The minimum Gasteiger partial charge on any atom is -0.496 e. The van der Waals surface area contributed by atoms with Crippen LogP contribution in [0, 0.1) is 0 Å². The fourth-order valence-corrected chi connectivity index (χ4v) is 3.69. The number of amides is 1. The first kappa shape index (κ1) is 21.3. The van der Waals surface area contributed by atoms with Crippen molar-refractivity contribution in [2.24, 2.45) is 0 Å². The average molecular weight is 431 g/mol. The van der Waals surface area contributed by atoms with Gasteiger partial charge in [-0.1, -0.05) is 42.5 Å². The van der Waals surface area contributed by atoms with E-state index in [9.17, 15) is 14.4 Å². The third-order valence-electron chi connectivity index (χ3n) is 5.31. The predicted octanol–water partition coefficient (Wildman–Crippen LogP) is 3.68. The number of hydrogen-bond donors (Lipinski definition) is 0. The van der Waals surface area contributed by atoms with E-state index < -0.39 is 11.7 Å². The molecule has 0 bridgehead atoms. The summed E-state index contributed by atoms with van der Waals surface area (Å²) >= 11 is 0. The van der Waals surface area contributed by atoms with Crippen molar-refractivity contribution in [1.82, 2.24) is 5.06 Å². The van der Waals surface area contributed by atoms with Crippen LogP contribution in [0.5, 0.6) is 11.5 Å². The van der Waals surface area contributed by atoms with Crippen molar-refractivity contribution in [1.29, 1.82) is 0 Å². The molecule has 32 heavy (non-hydrogen) atoms. The van der Waals surface area contributed by atoms with Crippen molar-refractivity contribution in [3.63, 3.8) is 0 Å². The standard InChI is InChI=1S/C25H21NO6/c1-26(32-14-15-8-5-4-6-9-15)25(29)16-12-18-22(20(13-16)31-3)24(28)21-17(23(18)27)10-7-11-19(21)30-2/h4-13H,14H2,1-3H3. The van der Waals surface area contributed by atoms with Gasteiger partial charge in [-0.25, -0.2) is 5.06 Å². The third-order valence-corrected chi connectivity index (χ3v) is 5.31. The molecule has 0 unspecified atom stereocenters. The molecule has 1 aliphatic carbocycles. The summed E-state index contributed by atoms with van der Waals surface area (Å²) in [6, 6.07) is 17.1. The van der Waals surface area contributed by atoms with Crippen molar-refractivity contribution in [2.75, 3.05) is 21.3 Å². The van der Waals surface area contributed by atoms with Crippen molar-refractivity contribution < 1.29 is 28.7 Å². The number of methoxy groups -OCH3 is 2. The summed E-state index contributed by atoms with van der Waals surface area (Å²) in [5, 5.41) is 1.10. The van der Waals surface area contributed by atoms with E-state index in [-0.39, 0.29) is 46.0 Å². The molecule has 1 aliphatic rings. The molecular formula is C25H21NO6. The lowest BCUT2D eigenvalue weighted by molar-refractivity contribution is -0.116. The van der Waals surface area contributed by atoms with Crippen LogP contribution in [0.4, 0.5) is 0 Å². The van der Waals surface area contributed by atoms with Gasteiger partial charge in [-0.15, -0.1) is 0 Å². The Morgan fingerprint density at radius 3 is 2.19 bits per heavy atom. The Bertz CT molecular complexity index is 1220. The van der Waals surface area contributed by atoms with E-state index in [1.54, 1.807) is 18.2 Å². The van der Waals surface area contributed by atoms with Crippen LogP contribution in [-0.2, 0) is 11.4 Å². The number of benzene rings is 3. The van der Waals surface area contributed by atoms with Gasteiger partial charge in [-0.2, -0.15) is 0 Å². The Kier molecular flexibility index (Phi) is 5.75. The minimum absolute atomic E-state index is 0.106. The van der Waals surface area contributed by atoms with Gasteiger partial charge in [0.15, 0.2) is 5.78 Å². The monoisotopic (exact) mass is 431 g/mol. The van der Waals surface area contributed by atoms with Crippen molar-refractivity contribution >= 4 is 17.5 Å². The van der Waals surface area contributed by atoms with Crippen LogP contribution in [0.15, 0.2) is 60.7 Å². The Hall–Kier alpha value is -3.97. The molecule has 0 atom stereocenters. The van der Waals surface area contributed by atoms with E-state index in [1.807, 2.05) is 30.3 Å². The molecule has 7 heteroatoms. The SMILES string of the molecule is COc1cccc2c1C(=O)c1c(OC)cc(C(=O)N(C)OCc3ccccc3)cc1C2=O. The van der Waals surface area contributed by atoms with E-state index in [1.165, 1.54) is 33.4 Å². The highest BCUT2D eigenvalue weighted by Gasteiger charge is 2.36. The number of nitrogens with zero attached hydrogens (tertiary/aromatic N) is 1. The normalized spacial score (nSPS) is 12.1. The summed E-state index contributed by atoms with van der Waals surface area (Å²) in [6.07, 6.45) is 0. The largest absolute Gasteiger partial charge is 0.496 e. The highest BCUT2D eigenvalue weighted by molar-refractivity contribution is 6.30. The van der Waals surface area contributed by atoms with Crippen LogP contribution in [0.1, 0.15) is 47.8 Å². The van der Waals surface area contributed by atoms with Crippen LogP contribution in [-0.4, -0.2) is 43.8 Å². The number of carbonyl (C=O) groups excluding carboxylic acids is 3. The zero-order valence-electron chi connectivity index (χ0n) is 17.9. The van der Waals surface area contributed by atoms with Crippen LogP contribution >= 0.6 is 0 Å². The van der Waals surface area contributed by atoms with Crippen LogP contribution in [0.25, 0.3) is 0 Å². The predicted molar refractivity (Wildman–Crippen MR) is 116 cm³/mol. The molecule has 0 spiro atoms. The smallest absolute Gasteiger partial charge is 0.277 e. The van der Waals surface area contributed by atoms with Crippen molar-refractivity contribution in [3.8, 4) is 11.5 Å². The van der Waals surface area contributed by atoms with Crippen LogP contribution < -0.4 is 9.47 Å². The Morgan fingerprint density at radius 1 is 0.812 bits per heavy atom. The summed E-state index contributed by atoms with van der Waals surface area (Å²) in [4.78, 5) is 45.0. The Morgan fingerprint density at radius 2 is 1.50 bits per heavy atom. The lowest BCUT2D eigenvalue weighted by atomic mass is 9.82. The number of ketones is 2. The molecular weight excluding hydrogens is 410 g/mol. The van der Waals surface area contributed by atoms with Gasteiger partial charge in [0.25, 0.3) is 5.91 Å². The maximum Gasteiger partial charge on any atom is 0.277 e. The first-order chi connectivity index (χ1) is 15.5. The molecule has 162 valence electrons. The van der Waals surface area contributed by atoms with Crippen molar-refractivity contribution in [2.45, 2.75) is 6.61 Å². The van der Waals surface area contributed by atoms with E-state index >= 15 is 0 Å². The second kappa shape index (κ2) is 8.64. The summed E-state index contributed by atoms with van der Waals surface area (Å²) in [6.45, 7) is 0.204. The number of hydrogen-bond acceptors (Lipinski definition) is 6. The molecule has 3 aromatic rings. The van der Waals surface area contributed by atoms with Gasteiger partial charge >= 0.3 is 0 Å². The van der Waals surface area contributed by atoms with Gasteiger partial charge in [0, 0.05) is 23.7 Å². The lowest BCUT2D eigenvalue weighted by Gasteiger charge is -2.23. The summed E-state index contributed by atoms with van der Waals surface area (Å²) in [5.74, 6) is -0.801. The summed E-state index contributed by atoms with van der Waals surface area (Å²) < 4.78 is 10.7. The number of hydroxylamine groups is 2. The van der Waals surface area contributed by atoms with Gasteiger partial charge < -0.3 is 9.47 Å². The fourth-order valence-electron chi connectivity index (χ4n) is 3.69. The molecule has 1 amide bonds. The molecule has 4 rings (SSSR count). The number of rotatable bonds is 6.